The molecule has 1 aromatic carbocycles. The molecule has 1 N–H and O–H groups in total. The topological polar surface area (TPSA) is 77.1 Å². The van der Waals surface area contributed by atoms with Crippen molar-refractivity contribution in [1.29, 1.82) is 0 Å². The smallest absolute Gasteiger partial charge is 0.245 e. The molecular weight excluding hydrogens is 460 g/mol. The van der Waals surface area contributed by atoms with Crippen LogP contribution in [0.4, 0.5) is 5.69 Å². The first-order valence-corrected chi connectivity index (χ1v) is 13.5. The molecule has 2 aliphatic rings. The first-order valence-electron chi connectivity index (χ1n) is 10.4. The van der Waals surface area contributed by atoms with E-state index in [0.717, 1.165) is 26.1 Å². The van der Waals surface area contributed by atoms with Gasteiger partial charge in [-0.3, -0.25) is 0 Å². The number of hydrogen-bond acceptors (Lipinski definition) is 7. The van der Waals surface area contributed by atoms with Crippen LogP contribution in [0.5, 0.6) is 0 Å². The fourth-order valence-electron chi connectivity index (χ4n) is 4.31. The average Bonchev–Trinajstić information content (AvgIpc) is 2.78. The summed E-state index contributed by atoms with van der Waals surface area (Å²) in [6.45, 7) is 4.55. The minimum absolute atomic E-state index is 0.0182. The predicted molar refractivity (Wildman–Crippen MR) is 126 cm³/mol. The lowest BCUT2D eigenvalue weighted by atomic mass is 9.92. The number of halogens is 1. The van der Waals surface area contributed by atoms with Gasteiger partial charge in [0.25, 0.3) is 0 Å². The first kappa shape index (κ1) is 25.1. The minimum atomic E-state index is -3.79. The summed E-state index contributed by atoms with van der Waals surface area (Å²) in [6, 6.07) is 5.00. The van der Waals surface area contributed by atoms with Gasteiger partial charge in [0.1, 0.15) is 10.5 Å². The van der Waals surface area contributed by atoms with Gasteiger partial charge in [-0.1, -0.05) is 11.6 Å². The van der Waals surface area contributed by atoms with E-state index in [4.69, 9.17) is 25.8 Å². The van der Waals surface area contributed by atoms with Gasteiger partial charge in [-0.25, -0.2) is 8.42 Å². The summed E-state index contributed by atoms with van der Waals surface area (Å²) in [5.74, 6) is 0. The lowest BCUT2D eigenvalue weighted by Crippen LogP contribution is -2.58. The lowest BCUT2D eigenvalue weighted by Gasteiger charge is -2.43. The Labute approximate surface area is 195 Å². The number of anilines is 1. The number of nitrogens with one attached hydrogen (secondary N) is 1. The van der Waals surface area contributed by atoms with Gasteiger partial charge < -0.3 is 19.5 Å². The Morgan fingerprint density at radius 1 is 1.32 bits per heavy atom. The number of sulfonamides is 1. The van der Waals surface area contributed by atoms with E-state index in [2.05, 4.69) is 11.6 Å². The maximum atomic E-state index is 13.7. The van der Waals surface area contributed by atoms with Crippen LogP contribution in [0.15, 0.2) is 23.1 Å². The molecule has 31 heavy (non-hydrogen) atoms. The van der Waals surface area contributed by atoms with E-state index >= 15 is 0 Å². The summed E-state index contributed by atoms with van der Waals surface area (Å²) in [5.41, 5.74) is -0.158. The zero-order valence-electron chi connectivity index (χ0n) is 18.6. The zero-order valence-corrected chi connectivity index (χ0v) is 21.0. The predicted octanol–water partition coefficient (Wildman–Crippen LogP) is 3.48. The van der Waals surface area contributed by atoms with Crippen molar-refractivity contribution in [3.63, 3.8) is 0 Å². The Bertz CT molecular complexity index is 863. The third-order valence-electron chi connectivity index (χ3n) is 6.56. The SMILES string of the molecule is CO[C@@H]1CCN(S(=O)(=O)c2cc(Cl)ccc2NCC2(SC)CCOCC2)C[C@]1(C)OC. The molecule has 0 unspecified atom stereocenters. The molecule has 0 saturated carbocycles. The Balaban J connectivity index is 1.87. The van der Waals surface area contributed by atoms with Crippen LogP contribution in [-0.2, 0) is 24.2 Å². The molecule has 0 bridgehead atoms. The molecule has 10 heteroatoms. The highest BCUT2D eigenvalue weighted by atomic mass is 35.5. The average molecular weight is 493 g/mol. The number of ether oxygens (including phenoxy) is 3. The minimum Gasteiger partial charge on any atom is -0.383 e. The number of thioether (sulfide) groups is 1. The molecule has 2 heterocycles. The van der Waals surface area contributed by atoms with Gasteiger partial charge in [0.15, 0.2) is 0 Å². The third-order valence-corrected chi connectivity index (χ3v) is 10.1. The van der Waals surface area contributed by atoms with Crippen molar-refractivity contribution in [3.8, 4) is 0 Å². The highest BCUT2D eigenvalue weighted by Gasteiger charge is 2.44. The molecule has 1 aromatic rings. The second-order valence-electron chi connectivity index (χ2n) is 8.36. The number of hydrogen-bond donors (Lipinski definition) is 1. The van der Waals surface area contributed by atoms with E-state index in [9.17, 15) is 8.42 Å². The van der Waals surface area contributed by atoms with Gasteiger partial charge in [-0.15, -0.1) is 0 Å². The van der Waals surface area contributed by atoms with E-state index < -0.39 is 15.6 Å². The highest BCUT2D eigenvalue weighted by molar-refractivity contribution is 8.00. The molecule has 2 fully saturated rings. The molecule has 0 radical (unpaired) electrons. The summed E-state index contributed by atoms with van der Waals surface area (Å²) >= 11 is 8.02. The molecular formula is C21H33ClN2O5S2. The number of rotatable bonds is 8. The van der Waals surface area contributed by atoms with E-state index in [1.165, 1.54) is 10.4 Å². The molecule has 176 valence electrons. The van der Waals surface area contributed by atoms with E-state index in [1.54, 1.807) is 38.1 Å². The second kappa shape index (κ2) is 10.2. The van der Waals surface area contributed by atoms with Crippen molar-refractivity contribution in [2.24, 2.45) is 0 Å². The molecule has 3 rings (SSSR count). The summed E-state index contributed by atoms with van der Waals surface area (Å²) in [7, 11) is -0.573. The number of benzene rings is 1. The number of piperidine rings is 1. The van der Waals surface area contributed by atoms with E-state index in [0.29, 0.717) is 30.2 Å². The molecule has 0 aromatic heterocycles. The molecule has 2 saturated heterocycles. The largest absolute Gasteiger partial charge is 0.383 e. The van der Waals surface area contributed by atoms with Crippen molar-refractivity contribution >= 4 is 39.1 Å². The fourth-order valence-corrected chi connectivity index (χ4v) is 7.09. The summed E-state index contributed by atoms with van der Waals surface area (Å²) in [6.07, 6.45) is 4.33. The van der Waals surface area contributed by atoms with Gasteiger partial charge in [0, 0.05) is 56.8 Å². The van der Waals surface area contributed by atoms with Crippen LogP contribution < -0.4 is 5.32 Å². The van der Waals surface area contributed by atoms with Gasteiger partial charge >= 0.3 is 0 Å². The van der Waals surface area contributed by atoms with Gasteiger partial charge in [0.2, 0.25) is 10.0 Å². The van der Waals surface area contributed by atoms with Crippen molar-refractivity contribution in [2.45, 2.75) is 47.5 Å². The van der Waals surface area contributed by atoms with Crippen molar-refractivity contribution in [1.82, 2.24) is 4.31 Å². The summed E-state index contributed by atoms with van der Waals surface area (Å²) < 4.78 is 45.5. The Morgan fingerprint density at radius 3 is 2.65 bits per heavy atom. The molecule has 0 spiro atoms. The van der Waals surface area contributed by atoms with E-state index in [-0.39, 0.29) is 22.3 Å². The van der Waals surface area contributed by atoms with Crippen molar-refractivity contribution < 1.29 is 22.6 Å². The third kappa shape index (κ3) is 5.34. The molecule has 2 atom stereocenters. The highest BCUT2D eigenvalue weighted by Crippen LogP contribution is 2.37. The van der Waals surface area contributed by atoms with Gasteiger partial charge in [0.05, 0.1) is 11.8 Å². The van der Waals surface area contributed by atoms with Crippen LogP contribution in [0, 0.1) is 0 Å². The van der Waals surface area contributed by atoms with Crippen LogP contribution in [0.3, 0.4) is 0 Å². The Kier molecular flexibility index (Phi) is 8.22. The second-order valence-corrected chi connectivity index (χ2v) is 12.0. The summed E-state index contributed by atoms with van der Waals surface area (Å²) in [4.78, 5) is 0.192. The van der Waals surface area contributed by atoms with Crippen LogP contribution >= 0.6 is 23.4 Å². The van der Waals surface area contributed by atoms with Gasteiger partial charge in [-0.05, 0) is 50.6 Å². The summed E-state index contributed by atoms with van der Waals surface area (Å²) in [5, 5.41) is 3.79. The molecule has 7 nitrogen and oxygen atoms in total. The quantitative estimate of drug-likeness (QED) is 0.595. The van der Waals surface area contributed by atoms with Crippen molar-refractivity contribution in [3.05, 3.63) is 23.2 Å². The van der Waals surface area contributed by atoms with Crippen molar-refractivity contribution in [2.75, 3.05) is 58.6 Å². The maximum absolute atomic E-state index is 13.7. The van der Waals surface area contributed by atoms with Crippen LogP contribution in [0.1, 0.15) is 26.2 Å². The Hall–Kier alpha value is -0.550. The standard InChI is InChI=1S/C21H33ClN2O5S2/c1-20(28-3)15-24(10-7-19(20)27-2)31(25,26)18-13-16(22)5-6-17(18)23-14-21(30-4)8-11-29-12-9-21/h5-6,13,19,23H,7-12,14-15H2,1-4H3/t19-,20+/m1/s1. The maximum Gasteiger partial charge on any atom is 0.245 e. The van der Waals surface area contributed by atoms with Crippen LogP contribution in [0.2, 0.25) is 5.02 Å². The number of methoxy groups -OCH3 is 2. The monoisotopic (exact) mass is 492 g/mol. The molecule has 2 aliphatic heterocycles. The normalized spacial score (nSPS) is 27.2. The Morgan fingerprint density at radius 2 is 2.03 bits per heavy atom. The lowest BCUT2D eigenvalue weighted by molar-refractivity contribution is -0.132. The van der Waals surface area contributed by atoms with Crippen LogP contribution in [0.25, 0.3) is 0 Å². The molecule has 0 aliphatic carbocycles. The van der Waals surface area contributed by atoms with E-state index in [1.807, 2.05) is 6.92 Å². The molecule has 0 amide bonds. The van der Waals surface area contributed by atoms with Crippen LogP contribution in [-0.4, -0.2) is 82.5 Å². The zero-order chi connectivity index (χ0) is 22.7. The van der Waals surface area contributed by atoms with Gasteiger partial charge in [-0.2, -0.15) is 16.1 Å². The number of nitrogens with zero attached hydrogens (tertiary/aromatic N) is 1. The first-order chi connectivity index (χ1) is 14.7. The fraction of sp³-hybridized carbons (Fsp3) is 0.714.